The van der Waals surface area contributed by atoms with Crippen molar-refractivity contribution < 1.29 is 9.53 Å². The van der Waals surface area contributed by atoms with E-state index in [1.165, 1.54) is 0 Å². The number of para-hydroxylation sites is 1. The molecule has 0 unspecified atom stereocenters. The summed E-state index contributed by atoms with van der Waals surface area (Å²) in [6.45, 7) is 7.92. The van der Waals surface area contributed by atoms with Crippen LogP contribution < -0.4 is 10.1 Å². The molecule has 0 aliphatic heterocycles. The van der Waals surface area contributed by atoms with Crippen molar-refractivity contribution >= 4 is 17.5 Å². The third kappa shape index (κ3) is 4.37. The molecule has 6 heteroatoms. The van der Waals surface area contributed by atoms with E-state index >= 15 is 0 Å². The molecule has 0 aliphatic carbocycles. The standard InChI is InChI=1S/C22H24ClN3O2/c1-14-11-19(12-15(2)21(14)23)28-16(3)22(27)25-13-18-7-5-6-8-20(18)26-10-9-24-17(26)4/h5-12,16H,13H2,1-4H3,(H,25,27)/t16-/m1/s1. The van der Waals surface area contributed by atoms with Crippen LogP contribution in [0, 0.1) is 20.8 Å². The molecule has 0 spiro atoms. The molecule has 0 fully saturated rings. The molecule has 28 heavy (non-hydrogen) atoms. The summed E-state index contributed by atoms with van der Waals surface area (Å²) in [5.74, 6) is 1.35. The minimum absolute atomic E-state index is 0.178. The van der Waals surface area contributed by atoms with E-state index in [1.54, 1.807) is 13.1 Å². The smallest absolute Gasteiger partial charge is 0.261 e. The number of amides is 1. The lowest BCUT2D eigenvalue weighted by atomic mass is 10.1. The van der Waals surface area contributed by atoms with E-state index in [0.29, 0.717) is 12.3 Å². The molecule has 0 saturated heterocycles. The van der Waals surface area contributed by atoms with Crippen LogP contribution in [0.3, 0.4) is 0 Å². The van der Waals surface area contributed by atoms with Gasteiger partial charge in [-0.3, -0.25) is 4.79 Å². The third-order valence-corrected chi connectivity index (χ3v) is 5.22. The van der Waals surface area contributed by atoms with Crippen LogP contribution in [0.4, 0.5) is 0 Å². The normalized spacial score (nSPS) is 11.9. The molecule has 0 radical (unpaired) electrons. The highest BCUT2D eigenvalue weighted by Crippen LogP contribution is 2.26. The number of nitrogens with zero attached hydrogens (tertiary/aromatic N) is 2. The van der Waals surface area contributed by atoms with Gasteiger partial charge in [0.15, 0.2) is 6.10 Å². The lowest BCUT2D eigenvalue weighted by Crippen LogP contribution is -2.36. The zero-order valence-electron chi connectivity index (χ0n) is 16.5. The highest BCUT2D eigenvalue weighted by molar-refractivity contribution is 6.32. The highest BCUT2D eigenvalue weighted by atomic mass is 35.5. The number of carbonyl (C=O) groups excluding carboxylic acids is 1. The number of halogens is 1. The monoisotopic (exact) mass is 397 g/mol. The lowest BCUT2D eigenvalue weighted by molar-refractivity contribution is -0.127. The molecule has 1 N–H and O–H groups in total. The fourth-order valence-electron chi connectivity index (χ4n) is 3.09. The number of ether oxygens (including phenoxy) is 1. The van der Waals surface area contributed by atoms with Crippen LogP contribution in [-0.4, -0.2) is 21.6 Å². The summed E-state index contributed by atoms with van der Waals surface area (Å²) in [6, 6.07) is 11.6. The van der Waals surface area contributed by atoms with Crippen molar-refractivity contribution in [3.8, 4) is 11.4 Å². The number of benzene rings is 2. The third-order valence-electron chi connectivity index (χ3n) is 4.62. The molecule has 2 aromatic carbocycles. The average molecular weight is 398 g/mol. The van der Waals surface area contributed by atoms with Crippen molar-refractivity contribution in [1.29, 1.82) is 0 Å². The Kier molecular flexibility index (Phi) is 6.05. The Morgan fingerprint density at radius 3 is 2.54 bits per heavy atom. The molecule has 1 heterocycles. The predicted molar refractivity (Wildman–Crippen MR) is 111 cm³/mol. The van der Waals surface area contributed by atoms with E-state index in [9.17, 15) is 4.79 Å². The van der Waals surface area contributed by atoms with Crippen molar-refractivity contribution in [3.05, 3.63) is 76.3 Å². The first-order chi connectivity index (χ1) is 13.4. The molecule has 1 amide bonds. The zero-order chi connectivity index (χ0) is 20.3. The lowest BCUT2D eigenvalue weighted by Gasteiger charge is -2.17. The zero-order valence-corrected chi connectivity index (χ0v) is 17.2. The molecular weight excluding hydrogens is 374 g/mol. The first kappa shape index (κ1) is 20.0. The van der Waals surface area contributed by atoms with Gasteiger partial charge in [0, 0.05) is 24.0 Å². The van der Waals surface area contributed by atoms with Gasteiger partial charge in [-0.1, -0.05) is 29.8 Å². The quantitative estimate of drug-likeness (QED) is 0.664. The van der Waals surface area contributed by atoms with Crippen LogP contribution in [0.25, 0.3) is 5.69 Å². The Bertz CT molecular complexity index is 974. The number of rotatable bonds is 6. The first-order valence-electron chi connectivity index (χ1n) is 9.16. The van der Waals surface area contributed by atoms with Gasteiger partial charge in [-0.2, -0.15) is 0 Å². The summed E-state index contributed by atoms with van der Waals surface area (Å²) in [7, 11) is 0. The van der Waals surface area contributed by atoms with E-state index in [0.717, 1.165) is 33.2 Å². The second-order valence-electron chi connectivity index (χ2n) is 6.82. The molecule has 0 aliphatic rings. The molecule has 5 nitrogen and oxygen atoms in total. The molecule has 1 atom stereocenters. The molecule has 146 valence electrons. The van der Waals surface area contributed by atoms with Crippen LogP contribution in [0.1, 0.15) is 29.4 Å². The van der Waals surface area contributed by atoms with Gasteiger partial charge < -0.3 is 14.6 Å². The Balaban J connectivity index is 1.67. The van der Waals surface area contributed by atoms with Crippen LogP contribution in [-0.2, 0) is 11.3 Å². The maximum atomic E-state index is 12.5. The molecule has 3 rings (SSSR count). The highest BCUT2D eigenvalue weighted by Gasteiger charge is 2.16. The fraction of sp³-hybridized carbons (Fsp3) is 0.273. The topological polar surface area (TPSA) is 56.1 Å². The largest absolute Gasteiger partial charge is 0.481 e. The second-order valence-corrected chi connectivity index (χ2v) is 7.20. The van der Waals surface area contributed by atoms with Gasteiger partial charge in [-0.25, -0.2) is 4.98 Å². The Morgan fingerprint density at radius 2 is 1.89 bits per heavy atom. The number of hydrogen-bond donors (Lipinski definition) is 1. The van der Waals surface area contributed by atoms with E-state index in [2.05, 4.69) is 10.3 Å². The van der Waals surface area contributed by atoms with Gasteiger partial charge in [0.25, 0.3) is 5.91 Å². The SMILES string of the molecule is Cc1cc(O[C@H](C)C(=O)NCc2ccccc2-n2ccnc2C)cc(C)c1Cl. The van der Waals surface area contributed by atoms with Gasteiger partial charge in [0.2, 0.25) is 0 Å². The Morgan fingerprint density at radius 1 is 1.21 bits per heavy atom. The van der Waals surface area contributed by atoms with Gasteiger partial charge in [0.05, 0.1) is 5.69 Å². The molecule has 0 saturated carbocycles. The van der Waals surface area contributed by atoms with Crippen LogP contribution in [0.15, 0.2) is 48.8 Å². The summed E-state index contributed by atoms with van der Waals surface area (Å²) in [6.07, 6.45) is 3.05. The maximum absolute atomic E-state index is 12.5. The minimum atomic E-state index is -0.623. The van der Waals surface area contributed by atoms with Crippen molar-refractivity contribution in [2.45, 2.75) is 40.3 Å². The summed E-state index contributed by atoms with van der Waals surface area (Å²) in [5, 5.41) is 3.68. The van der Waals surface area contributed by atoms with Crippen molar-refractivity contribution in [2.24, 2.45) is 0 Å². The number of aromatic nitrogens is 2. The summed E-state index contributed by atoms with van der Waals surface area (Å²) >= 11 is 6.19. The van der Waals surface area contributed by atoms with Crippen LogP contribution >= 0.6 is 11.6 Å². The van der Waals surface area contributed by atoms with Crippen molar-refractivity contribution in [2.75, 3.05) is 0 Å². The second kappa shape index (κ2) is 8.48. The first-order valence-corrected chi connectivity index (χ1v) is 9.54. The van der Waals surface area contributed by atoms with E-state index < -0.39 is 6.10 Å². The van der Waals surface area contributed by atoms with Gasteiger partial charge >= 0.3 is 0 Å². The molecular formula is C22H24ClN3O2. The number of hydrogen-bond acceptors (Lipinski definition) is 3. The van der Waals surface area contributed by atoms with Gasteiger partial charge in [-0.05, 0) is 62.6 Å². The summed E-state index contributed by atoms with van der Waals surface area (Å²) in [4.78, 5) is 16.8. The predicted octanol–water partition coefficient (Wildman–Crippen LogP) is 4.53. The summed E-state index contributed by atoms with van der Waals surface area (Å²) < 4.78 is 7.82. The molecule has 0 bridgehead atoms. The number of aryl methyl sites for hydroxylation is 3. The van der Waals surface area contributed by atoms with Crippen molar-refractivity contribution in [1.82, 2.24) is 14.9 Å². The minimum Gasteiger partial charge on any atom is -0.481 e. The maximum Gasteiger partial charge on any atom is 0.261 e. The summed E-state index contributed by atoms with van der Waals surface area (Å²) in [5.41, 5.74) is 3.85. The Hall–Kier alpha value is -2.79. The number of imidazole rings is 1. The van der Waals surface area contributed by atoms with E-state index in [1.807, 2.05) is 67.9 Å². The van der Waals surface area contributed by atoms with Gasteiger partial charge in [0.1, 0.15) is 11.6 Å². The average Bonchev–Trinajstić information content (AvgIpc) is 3.10. The van der Waals surface area contributed by atoms with Crippen LogP contribution in [0.2, 0.25) is 5.02 Å². The molecule has 1 aromatic heterocycles. The van der Waals surface area contributed by atoms with E-state index in [-0.39, 0.29) is 5.91 Å². The fourth-order valence-corrected chi connectivity index (χ4v) is 3.19. The van der Waals surface area contributed by atoms with E-state index in [4.69, 9.17) is 16.3 Å². The Labute approximate surface area is 170 Å². The molecule has 3 aromatic rings. The number of carbonyl (C=O) groups is 1. The van der Waals surface area contributed by atoms with Gasteiger partial charge in [-0.15, -0.1) is 0 Å². The number of nitrogens with one attached hydrogen (secondary N) is 1. The van der Waals surface area contributed by atoms with Crippen LogP contribution in [0.5, 0.6) is 5.75 Å². The van der Waals surface area contributed by atoms with Crippen molar-refractivity contribution in [3.63, 3.8) is 0 Å².